The Kier molecular flexibility index (Phi) is 4.70. The first-order valence-electron chi connectivity index (χ1n) is 6.82. The van der Waals surface area contributed by atoms with Crippen molar-refractivity contribution in [1.29, 1.82) is 0 Å². The summed E-state index contributed by atoms with van der Waals surface area (Å²) in [6.45, 7) is 4.81. The lowest BCUT2D eigenvalue weighted by atomic mass is 10.1. The minimum Gasteiger partial charge on any atom is -0.458 e. The van der Waals surface area contributed by atoms with Crippen molar-refractivity contribution in [3.8, 4) is 0 Å². The zero-order valence-corrected chi connectivity index (χ0v) is 12.9. The van der Waals surface area contributed by atoms with Gasteiger partial charge >= 0.3 is 5.97 Å². The van der Waals surface area contributed by atoms with E-state index in [4.69, 9.17) is 14.6 Å². The van der Waals surface area contributed by atoms with Gasteiger partial charge in [-0.1, -0.05) is 0 Å². The molecular weight excluding hydrogens is 296 g/mol. The smallest absolute Gasteiger partial charge is 0.355 e. The lowest BCUT2D eigenvalue weighted by Crippen LogP contribution is -2.27. The molecule has 1 aliphatic rings. The van der Waals surface area contributed by atoms with Gasteiger partial charge in [0.15, 0.2) is 0 Å². The van der Waals surface area contributed by atoms with Crippen molar-refractivity contribution >= 4 is 16.0 Å². The Morgan fingerprint density at radius 3 is 2.57 bits per heavy atom. The second-order valence-corrected chi connectivity index (χ2v) is 6.89. The maximum Gasteiger partial charge on any atom is 0.355 e. The highest BCUT2D eigenvalue weighted by atomic mass is 32.2. The number of primary sulfonamides is 1. The lowest BCUT2D eigenvalue weighted by molar-refractivity contribution is -0.0167. The number of carbonyl (C=O) groups excluding carboxylic acids is 1. The predicted molar refractivity (Wildman–Crippen MR) is 75.4 cm³/mol. The van der Waals surface area contributed by atoms with Gasteiger partial charge in [-0.05, 0) is 19.9 Å². The monoisotopic (exact) mass is 316 g/mol. The maximum atomic E-state index is 12.3. The van der Waals surface area contributed by atoms with E-state index in [0.29, 0.717) is 26.1 Å². The van der Waals surface area contributed by atoms with Crippen LogP contribution in [0.1, 0.15) is 43.2 Å². The minimum absolute atomic E-state index is 0.0854. The van der Waals surface area contributed by atoms with Crippen LogP contribution in [0.2, 0.25) is 0 Å². The standard InChI is InChI=1S/C13H20N2O5S/c1-9(2)15-8-11(21(14,17)18)7-12(15)13(16)20-10-3-5-19-6-4-10/h7-10H,3-6H2,1-2H3,(H2,14,17,18). The Morgan fingerprint density at radius 1 is 1.43 bits per heavy atom. The Hall–Kier alpha value is -1.38. The molecule has 0 radical (unpaired) electrons. The third-order valence-electron chi connectivity index (χ3n) is 3.36. The molecule has 2 N–H and O–H groups in total. The van der Waals surface area contributed by atoms with Gasteiger partial charge in [-0.2, -0.15) is 0 Å². The van der Waals surface area contributed by atoms with Crippen molar-refractivity contribution in [2.24, 2.45) is 5.14 Å². The largest absolute Gasteiger partial charge is 0.458 e. The van der Waals surface area contributed by atoms with E-state index < -0.39 is 16.0 Å². The Morgan fingerprint density at radius 2 is 2.05 bits per heavy atom. The van der Waals surface area contributed by atoms with E-state index in [1.165, 1.54) is 12.3 Å². The van der Waals surface area contributed by atoms with E-state index in [-0.39, 0.29) is 22.7 Å². The molecular formula is C13H20N2O5S. The highest BCUT2D eigenvalue weighted by molar-refractivity contribution is 7.89. The molecule has 1 saturated heterocycles. The predicted octanol–water partition coefficient (Wildman–Crippen LogP) is 1.05. The van der Waals surface area contributed by atoms with Gasteiger partial charge in [-0.3, -0.25) is 0 Å². The van der Waals surface area contributed by atoms with E-state index in [1.54, 1.807) is 4.57 Å². The van der Waals surface area contributed by atoms with Crippen LogP contribution in [0.3, 0.4) is 0 Å². The van der Waals surface area contributed by atoms with E-state index in [1.807, 2.05) is 13.8 Å². The van der Waals surface area contributed by atoms with Gasteiger partial charge in [0.2, 0.25) is 10.0 Å². The van der Waals surface area contributed by atoms with E-state index in [2.05, 4.69) is 0 Å². The van der Waals surface area contributed by atoms with E-state index in [9.17, 15) is 13.2 Å². The molecule has 7 nitrogen and oxygen atoms in total. The van der Waals surface area contributed by atoms with Crippen molar-refractivity contribution < 1.29 is 22.7 Å². The van der Waals surface area contributed by atoms with Crippen LogP contribution in [-0.2, 0) is 19.5 Å². The summed E-state index contributed by atoms with van der Waals surface area (Å²) in [7, 11) is -3.85. The van der Waals surface area contributed by atoms with Gasteiger partial charge in [0.1, 0.15) is 16.7 Å². The number of nitrogens with zero attached hydrogens (tertiary/aromatic N) is 1. The molecule has 2 heterocycles. The Balaban J connectivity index is 2.24. The van der Waals surface area contributed by atoms with E-state index in [0.717, 1.165) is 0 Å². The number of nitrogens with two attached hydrogens (primary N) is 1. The Bertz CT molecular complexity index is 615. The van der Waals surface area contributed by atoms with Crippen LogP contribution in [0.15, 0.2) is 17.2 Å². The molecule has 8 heteroatoms. The molecule has 1 aliphatic heterocycles. The molecule has 1 aromatic heterocycles. The molecule has 0 unspecified atom stereocenters. The number of rotatable bonds is 4. The van der Waals surface area contributed by atoms with Gasteiger partial charge in [-0.15, -0.1) is 0 Å². The summed E-state index contributed by atoms with van der Waals surface area (Å²) >= 11 is 0. The number of sulfonamides is 1. The van der Waals surface area contributed by atoms with Crippen LogP contribution in [0.4, 0.5) is 0 Å². The molecule has 0 aromatic carbocycles. The average molecular weight is 316 g/mol. The number of aromatic nitrogens is 1. The highest BCUT2D eigenvalue weighted by Crippen LogP contribution is 2.20. The molecule has 0 bridgehead atoms. The summed E-state index contributed by atoms with van der Waals surface area (Å²) in [5.41, 5.74) is 0.195. The van der Waals surface area contributed by atoms with Crippen molar-refractivity contribution in [3.63, 3.8) is 0 Å². The molecule has 2 rings (SSSR count). The van der Waals surface area contributed by atoms with Gasteiger partial charge < -0.3 is 14.0 Å². The molecule has 0 spiro atoms. The molecule has 1 fully saturated rings. The fourth-order valence-electron chi connectivity index (χ4n) is 2.21. The maximum absolute atomic E-state index is 12.3. The van der Waals surface area contributed by atoms with Gasteiger partial charge in [0.25, 0.3) is 0 Å². The second-order valence-electron chi connectivity index (χ2n) is 5.32. The van der Waals surface area contributed by atoms with Crippen LogP contribution in [0.25, 0.3) is 0 Å². The third kappa shape index (κ3) is 3.84. The molecule has 1 aromatic rings. The molecule has 0 saturated carbocycles. The summed E-state index contributed by atoms with van der Waals surface area (Å²) in [4.78, 5) is 12.2. The number of hydrogen-bond acceptors (Lipinski definition) is 5. The van der Waals surface area contributed by atoms with Gasteiger partial charge in [0.05, 0.1) is 13.2 Å². The summed E-state index contributed by atoms with van der Waals surface area (Å²) in [6, 6.07) is 1.18. The minimum atomic E-state index is -3.85. The first-order chi connectivity index (χ1) is 9.79. The summed E-state index contributed by atoms with van der Waals surface area (Å²) < 4.78 is 35.0. The Labute approximate surface area is 124 Å². The topological polar surface area (TPSA) is 101 Å². The number of carbonyl (C=O) groups is 1. The van der Waals surface area contributed by atoms with Crippen molar-refractivity contribution in [2.75, 3.05) is 13.2 Å². The number of esters is 1. The fourth-order valence-corrected chi connectivity index (χ4v) is 2.74. The van der Waals surface area contributed by atoms with Crippen molar-refractivity contribution in [1.82, 2.24) is 4.57 Å². The van der Waals surface area contributed by atoms with Crippen LogP contribution in [0.5, 0.6) is 0 Å². The van der Waals surface area contributed by atoms with Crippen LogP contribution >= 0.6 is 0 Å². The number of ether oxygens (including phenoxy) is 2. The molecule has 0 atom stereocenters. The lowest BCUT2D eigenvalue weighted by Gasteiger charge is -2.22. The summed E-state index contributed by atoms with van der Waals surface area (Å²) in [5, 5.41) is 5.11. The fraction of sp³-hybridized carbons (Fsp3) is 0.615. The van der Waals surface area contributed by atoms with Gasteiger partial charge in [0, 0.05) is 25.1 Å². The zero-order chi connectivity index (χ0) is 15.6. The van der Waals surface area contributed by atoms with Crippen molar-refractivity contribution in [2.45, 2.75) is 43.7 Å². The van der Waals surface area contributed by atoms with Crippen molar-refractivity contribution in [3.05, 3.63) is 18.0 Å². The molecule has 21 heavy (non-hydrogen) atoms. The zero-order valence-electron chi connectivity index (χ0n) is 12.1. The molecule has 118 valence electrons. The normalized spacial score (nSPS) is 17.1. The van der Waals surface area contributed by atoms with E-state index >= 15 is 0 Å². The average Bonchev–Trinajstić information content (AvgIpc) is 2.85. The molecule has 0 aliphatic carbocycles. The second kappa shape index (κ2) is 6.17. The first-order valence-corrected chi connectivity index (χ1v) is 8.37. The first kappa shape index (κ1) is 16.0. The molecule has 0 amide bonds. The number of hydrogen-bond donors (Lipinski definition) is 1. The van der Waals surface area contributed by atoms with Gasteiger partial charge in [-0.25, -0.2) is 18.4 Å². The van der Waals surface area contributed by atoms with Crippen LogP contribution < -0.4 is 5.14 Å². The van der Waals surface area contributed by atoms with Crippen LogP contribution in [0, 0.1) is 0 Å². The summed E-state index contributed by atoms with van der Waals surface area (Å²) in [6.07, 6.45) is 2.46. The van der Waals surface area contributed by atoms with Crippen LogP contribution in [-0.4, -0.2) is 38.3 Å². The SMILES string of the molecule is CC(C)n1cc(S(N)(=O)=O)cc1C(=O)OC1CCOCC1. The third-order valence-corrected chi connectivity index (χ3v) is 4.24. The highest BCUT2D eigenvalue weighted by Gasteiger charge is 2.24. The quantitative estimate of drug-likeness (QED) is 0.837. The summed E-state index contributed by atoms with van der Waals surface area (Å²) in [5.74, 6) is -0.537.